The number of fused-ring (bicyclic) bond motifs is 5. The molecule has 0 aromatic heterocycles. The number of benzene rings is 5. The minimum Gasteiger partial charge on any atom is -0.492 e. The quantitative estimate of drug-likeness (QED) is 0.0537. The van der Waals surface area contributed by atoms with Crippen molar-refractivity contribution in [3.05, 3.63) is 48.3 Å². The molecule has 3 aliphatic rings. The number of allylic oxidation sites excluding steroid dienone is 1. The zero-order valence-corrected chi connectivity index (χ0v) is 32.6. The highest BCUT2D eigenvalue weighted by Crippen LogP contribution is 2.57. The Labute approximate surface area is 316 Å². The number of anilines is 3. The third-order valence-corrected chi connectivity index (χ3v) is 13.5. The number of carbonyl (C=O) groups is 1. The van der Waals surface area contributed by atoms with Gasteiger partial charge in [0, 0.05) is 79.3 Å². The summed E-state index contributed by atoms with van der Waals surface area (Å²) in [7, 11) is 5.64. The van der Waals surface area contributed by atoms with Crippen LogP contribution in [0, 0.1) is 0 Å². The molecule has 0 radical (unpaired) electrons. The van der Waals surface area contributed by atoms with E-state index in [4.69, 9.17) is 4.74 Å². The van der Waals surface area contributed by atoms with Crippen molar-refractivity contribution in [1.82, 2.24) is 4.90 Å². The summed E-state index contributed by atoms with van der Waals surface area (Å²) in [6, 6.07) is 0. The van der Waals surface area contributed by atoms with Crippen LogP contribution in [-0.2, 0) is 18.0 Å². The molecule has 53 heavy (non-hydrogen) atoms. The number of methoxy groups -OCH3 is 1. The van der Waals surface area contributed by atoms with Crippen molar-refractivity contribution < 1.29 is 19.7 Å². The Hall–Kier alpha value is -3.81. The Morgan fingerprint density at radius 1 is 0.849 bits per heavy atom. The Morgan fingerprint density at radius 3 is 2.00 bits per heavy atom. The van der Waals surface area contributed by atoms with Crippen LogP contribution in [0.15, 0.2) is 25.0 Å². The molecule has 0 bridgehead atoms. The predicted octanol–water partition coefficient (Wildman–Crippen LogP) is 6.55. The van der Waals surface area contributed by atoms with E-state index in [1.54, 1.807) is 23.5 Å². The zero-order valence-electron chi connectivity index (χ0n) is 30.9. The second kappa shape index (κ2) is 14.1. The largest absolute Gasteiger partial charge is 0.492 e. The summed E-state index contributed by atoms with van der Waals surface area (Å²) in [4.78, 5) is 47.7. The van der Waals surface area contributed by atoms with Crippen LogP contribution in [0.25, 0.3) is 49.2 Å². The van der Waals surface area contributed by atoms with Crippen LogP contribution < -0.4 is 31.5 Å². The number of Topliss-reactive ketones (excluding diaryl/α,β-unsaturated/α-hetero) is 1. The maximum atomic E-state index is 15.2. The van der Waals surface area contributed by atoms with Crippen LogP contribution in [0.5, 0.6) is 5.75 Å². The van der Waals surface area contributed by atoms with Gasteiger partial charge in [0.05, 0.1) is 54.1 Å². The molecule has 278 valence electrons. The van der Waals surface area contributed by atoms with E-state index in [0.717, 1.165) is 58.9 Å². The molecule has 5 aromatic carbocycles. The van der Waals surface area contributed by atoms with Crippen molar-refractivity contribution in [2.75, 3.05) is 74.8 Å². The molecule has 1 unspecified atom stereocenters. The topological polar surface area (TPSA) is 140 Å². The summed E-state index contributed by atoms with van der Waals surface area (Å²) in [6.07, 6.45) is 6.04. The number of aliphatic hydroxyl groups excluding tert-OH is 2. The van der Waals surface area contributed by atoms with Gasteiger partial charge in [-0.15, -0.1) is 23.5 Å². The molecule has 0 saturated carbocycles. The predicted molar refractivity (Wildman–Crippen MR) is 221 cm³/mol. The third-order valence-electron chi connectivity index (χ3n) is 11.2. The van der Waals surface area contributed by atoms with Gasteiger partial charge in [-0.1, -0.05) is 24.5 Å². The van der Waals surface area contributed by atoms with Gasteiger partial charge >= 0.3 is 0 Å². The number of unbranched alkanes of at least 4 members (excludes halogenated alkanes) is 3. The molecule has 2 heterocycles. The van der Waals surface area contributed by atoms with Gasteiger partial charge in [0.25, 0.3) is 0 Å². The molecular formula is C41H46N4O6S2. The van der Waals surface area contributed by atoms with Gasteiger partial charge in [0.1, 0.15) is 5.78 Å². The summed E-state index contributed by atoms with van der Waals surface area (Å²) in [5.74, 6) is 0.637. The Kier molecular flexibility index (Phi) is 9.64. The fraction of sp³-hybridized carbons (Fsp3) is 0.439. The Bertz CT molecular complexity index is 2480. The molecule has 1 aliphatic carbocycles. The van der Waals surface area contributed by atoms with E-state index in [-0.39, 0.29) is 35.6 Å². The first-order chi connectivity index (χ1) is 25.7. The lowest BCUT2D eigenvalue weighted by Crippen LogP contribution is -2.22. The molecule has 5 N–H and O–H groups in total. The number of hydrogen-bond acceptors (Lipinski definition) is 12. The van der Waals surface area contributed by atoms with Gasteiger partial charge in [-0.05, 0) is 63.5 Å². The number of thioether (sulfide) groups is 2. The summed E-state index contributed by atoms with van der Waals surface area (Å²) in [5, 5.41) is 38.2. The molecule has 8 rings (SSSR count). The normalized spacial score (nSPS) is 16.6. The lowest BCUT2D eigenvalue weighted by molar-refractivity contribution is -0.117. The van der Waals surface area contributed by atoms with Crippen molar-refractivity contribution in [1.29, 1.82) is 0 Å². The van der Waals surface area contributed by atoms with Crippen LogP contribution in [0.3, 0.4) is 0 Å². The second-order valence-electron chi connectivity index (χ2n) is 14.7. The zero-order chi connectivity index (χ0) is 37.3. The number of nitrogens with one attached hydrogen (secondary N) is 3. The summed E-state index contributed by atoms with van der Waals surface area (Å²) >= 11 is 3.19. The highest BCUT2D eigenvalue weighted by Gasteiger charge is 2.38. The van der Waals surface area contributed by atoms with Gasteiger partial charge in [0.15, 0.2) is 5.75 Å². The molecule has 1 atom stereocenters. The first kappa shape index (κ1) is 36.2. The van der Waals surface area contributed by atoms with Crippen LogP contribution in [-0.4, -0.2) is 79.8 Å². The smallest absolute Gasteiger partial charge is 0.230 e. The molecule has 5 aromatic rings. The van der Waals surface area contributed by atoms with E-state index in [1.807, 2.05) is 13.0 Å². The lowest BCUT2D eigenvalue weighted by Gasteiger charge is -2.30. The van der Waals surface area contributed by atoms with E-state index in [2.05, 4.69) is 34.9 Å². The molecule has 0 amide bonds. The molecule has 2 aliphatic heterocycles. The minimum atomic E-state index is -0.812. The summed E-state index contributed by atoms with van der Waals surface area (Å²) in [5.41, 5.74) is 4.51. The number of hydrogen-bond donors (Lipinski definition) is 5. The maximum absolute atomic E-state index is 15.2. The van der Waals surface area contributed by atoms with E-state index in [9.17, 15) is 19.8 Å². The van der Waals surface area contributed by atoms with Crippen LogP contribution >= 0.6 is 23.5 Å². The summed E-state index contributed by atoms with van der Waals surface area (Å²) in [6.45, 7) is 5.70. The summed E-state index contributed by atoms with van der Waals surface area (Å²) < 4.78 is 6.03. The van der Waals surface area contributed by atoms with Gasteiger partial charge in [-0.3, -0.25) is 14.4 Å². The van der Waals surface area contributed by atoms with Crippen LogP contribution in [0.1, 0.15) is 67.7 Å². The van der Waals surface area contributed by atoms with Crippen molar-refractivity contribution in [3.63, 3.8) is 0 Å². The molecule has 10 nitrogen and oxygen atoms in total. The number of nitrogens with zero attached hydrogens (tertiary/aromatic N) is 1. The monoisotopic (exact) mass is 754 g/mol. The number of carbonyl (C=O) groups excluding carboxylic acids is 1. The standard InChI is InChI=1S/C41H46N4O6S2/c1-19-16-21-25-28-26(22(17-46)40-35(43-11-14-52-40)32(28)37(49)34(21)42-10-8-6-7-9-13-45(3)4)27-23(18-47)41-36(44-12-15-53-41)33-30(27)29(25)31(24(19)20(2)48)39(51-5)38(33)50/h16,24,42-44,46-47H,6-15,17-18H2,1-5H3. The first-order valence-electron chi connectivity index (χ1n) is 18.5. The van der Waals surface area contributed by atoms with Crippen LogP contribution in [0.2, 0.25) is 0 Å². The Morgan fingerprint density at radius 2 is 1.43 bits per heavy atom. The third kappa shape index (κ3) is 5.38. The van der Waals surface area contributed by atoms with E-state index in [0.29, 0.717) is 102 Å². The number of ether oxygens (including phenoxy) is 1. The minimum absolute atomic E-state index is 0.111. The van der Waals surface area contributed by atoms with Crippen LogP contribution in [0.4, 0.5) is 17.1 Å². The van der Waals surface area contributed by atoms with Crippen molar-refractivity contribution in [2.45, 2.75) is 68.5 Å². The highest BCUT2D eigenvalue weighted by molar-refractivity contribution is 7.99. The molecule has 12 heteroatoms. The Balaban J connectivity index is 1.60. The molecular weight excluding hydrogens is 709 g/mol. The maximum Gasteiger partial charge on any atom is 0.230 e. The molecule has 0 spiro atoms. The average Bonchev–Trinajstić information content (AvgIpc) is 3.28. The lowest BCUT2D eigenvalue weighted by atomic mass is 9.79. The number of aliphatic hydroxyl groups is 2. The van der Waals surface area contributed by atoms with Gasteiger partial charge in [-0.25, -0.2) is 0 Å². The SMILES string of the molecule is COc1c2c3c4c(c(NCCCCCCN(C)C)c(=O)c5c6c(c(CO)c(c7c(CO)c8c(c(c1=O)c73)NCCS8)c54)SCCN6)C=C(C)C2C(C)=O. The molecule has 0 saturated heterocycles. The second-order valence-corrected chi connectivity index (χ2v) is 16.9. The number of rotatable bonds is 12. The van der Waals surface area contributed by atoms with E-state index < -0.39 is 5.92 Å². The van der Waals surface area contributed by atoms with E-state index in [1.165, 1.54) is 14.0 Å². The van der Waals surface area contributed by atoms with Crippen molar-refractivity contribution in [2.24, 2.45) is 0 Å². The van der Waals surface area contributed by atoms with Crippen molar-refractivity contribution in [3.8, 4) is 5.75 Å². The van der Waals surface area contributed by atoms with E-state index >= 15 is 4.79 Å². The fourth-order valence-electron chi connectivity index (χ4n) is 9.17. The van der Waals surface area contributed by atoms with Gasteiger partial charge in [-0.2, -0.15) is 0 Å². The highest BCUT2D eigenvalue weighted by atomic mass is 32.2. The van der Waals surface area contributed by atoms with Gasteiger partial charge in [0.2, 0.25) is 10.9 Å². The van der Waals surface area contributed by atoms with Gasteiger partial charge < -0.3 is 35.8 Å². The van der Waals surface area contributed by atoms with Crippen molar-refractivity contribution >= 4 is 95.5 Å². The molecule has 0 fully saturated rings. The average molecular weight is 755 g/mol. The first-order valence-corrected chi connectivity index (χ1v) is 20.5. The fourth-order valence-corrected chi connectivity index (χ4v) is 11.3. The number of ketones is 1.